The van der Waals surface area contributed by atoms with Gasteiger partial charge in [-0.3, -0.25) is 9.59 Å². The van der Waals surface area contributed by atoms with Gasteiger partial charge < -0.3 is 0 Å². The van der Waals surface area contributed by atoms with Crippen molar-refractivity contribution in [3.8, 4) is 0 Å². The third kappa shape index (κ3) is 1.38. The lowest BCUT2D eigenvalue weighted by molar-refractivity contribution is -0.123. The molecule has 0 aromatic heterocycles. The average molecular weight is 318 g/mol. The molecule has 96 valence electrons. The van der Waals surface area contributed by atoms with Crippen molar-refractivity contribution in [3.05, 3.63) is 40.9 Å². The Morgan fingerprint density at radius 1 is 1.00 bits per heavy atom. The highest BCUT2D eigenvalue weighted by atomic mass is 79.9. The van der Waals surface area contributed by atoms with Crippen molar-refractivity contribution < 1.29 is 9.59 Å². The Balaban J connectivity index is 1.79. The van der Waals surface area contributed by atoms with Crippen molar-refractivity contribution >= 4 is 33.4 Å². The third-order valence-corrected chi connectivity index (χ3v) is 5.23. The Kier molecular flexibility index (Phi) is 2.28. The van der Waals surface area contributed by atoms with Gasteiger partial charge in [0.1, 0.15) is 0 Å². The minimum absolute atomic E-state index is 0.0289. The van der Waals surface area contributed by atoms with E-state index in [0.29, 0.717) is 5.69 Å². The van der Waals surface area contributed by atoms with E-state index in [1.165, 1.54) is 4.90 Å². The standard InChI is InChI=1S/C15H12BrNO2/c16-10-3-1-2-4-11(10)17-14(18)12-8-5-6-9(7-8)13(12)15(17)19/h1-6,8-9,12-13H,7H2/t8-,9-,12-,13+/m1/s1. The van der Waals surface area contributed by atoms with Gasteiger partial charge in [0.2, 0.25) is 11.8 Å². The van der Waals surface area contributed by atoms with Gasteiger partial charge in [0.05, 0.1) is 17.5 Å². The number of carbonyl (C=O) groups excluding carboxylic acids is 2. The molecule has 1 saturated carbocycles. The molecule has 4 heteroatoms. The lowest BCUT2D eigenvalue weighted by Gasteiger charge is -2.18. The van der Waals surface area contributed by atoms with Crippen molar-refractivity contribution in [2.75, 3.05) is 4.90 Å². The second kappa shape index (κ2) is 3.79. The summed E-state index contributed by atoms with van der Waals surface area (Å²) in [4.78, 5) is 26.6. The first-order valence-corrected chi connectivity index (χ1v) is 7.28. The predicted octanol–water partition coefficient (Wildman–Crippen LogP) is 2.76. The minimum Gasteiger partial charge on any atom is -0.274 e. The largest absolute Gasteiger partial charge is 0.274 e. The van der Waals surface area contributed by atoms with Crippen LogP contribution < -0.4 is 4.90 Å². The molecular formula is C15H12BrNO2. The van der Waals surface area contributed by atoms with Crippen molar-refractivity contribution in [1.82, 2.24) is 0 Å². The van der Waals surface area contributed by atoms with E-state index in [-0.39, 0.29) is 35.5 Å². The molecule has 4 atom stereocenters. The molecule has 1 aliphatic heterocycles. The van der Waals surface area contributed by atoms with Crippen LogP contribution >= 0.6 is 15.9 Å². The maximum absolute atomic E-state index is 12.6. The monoisotopic (exact) mass is 317 g/mol. The van der Waals surface area contributed by atoms with E-state index >= 15 is 0 Å². The summed E-state index contributed by atoms with van der Waals surface area (Å²) in [5.41, 5.74) is 0.673. The number of benzene rings is 1. The number of para-hydroxylation sites is 1. The molecule has 3 nitrogen and oxygen atoms in total. The fourth-order valence-electron chi connectivity index (χ4n) is 3.77. The maximum Gasteiger partial charge on any atom is 0.238 e. The van der Waals surface area contributed by atoms with Gasteiger partial charge in [-0.15, -0.1) is 0 Å². The maximum atomic E-state index is 12.6. The van der Waals surface area contributed by atoms with E-state index in [1.807, 2.05) is 24.3 Å². The smallest absolute Gasteiger partial charge is 0.238 e. The summed E-state index contributed by atoms with van der Waals surface area (Å²) in [6, 6.07) is 7.40. The molecule has 2 aliphatic carbocycles. The second-order valence-electron chi connectivity index (χ2n) is 5.46. The number of halogens is 1. The lowest BCUT2D eigenvalue weighted by Crippen LogP contribution is -2.33. The molecule has 2 bridgehead atoms. The van der Waals surface area contributed by atoms with Gasteiger partial charge in [0, 0.05) is 4.47 Å². The fourth-order valence-corrected chi connectivity index (χ4v) is 4.23. The molecule has 4 rings (SSSR count). The molecule has 0 unspecified atom stereocenters. The topological polar surface area (TPSA) is 37.4 Å². The van der Waals surface area contributed by atoms with Gasteiger partial charge in [-0.2, -0.15) is 0 Å². The van der Waals surface area contributed by atoms with Crippen LogP contribution in [0, 0.1) is 23.7 Å². The Morgan fingerprint density at radius 3 is 2.16 bits per heavy atom. The third-order valence-electron chi connectivity index (χ3n) is 4.56. The number of carbonyl (C=O) groups is 2. The first-order valence-electron chi connectivity index (χ1n) is 6.49. The van der Waals surface area contributed by atoms with E-state index in [0.717, 1.165) is 10.9 Å². The number of fused-ring (bicyclic) bond motifs is 5. The van der Waals surface area contributed by atoms with Crippen LogP contribution in [0.5, 0.6) is 0 Å². The number of nitrogens with zero attached hydrogens (tertiary/aromatic N) is 1. The number of amides is 2. The van der Waals surface area contributed by atoms with Crippen LogP contribution in [0.1, 0.15) is 6.42 Å². The summed E-state index contributed by atoms with van der Waals surface area (Å²) in [6.07, 6.45) is 5.19. The first-order chi connectivity index (χ1) is 9.18. The van der Waals surface area contributed by atoms with Crippen molar-refractivity contribution in [1.29, 1.82) is 0 Å². The van der Waals surface area contributed by atoms with Crippen LogP contribution in [0.25, 0.3) is 0 Å². The fraction of sp³-hybridized carbons (Fsp3) is 0.333. The summed E-state index contributed by atoms with van der Waals surface area (Å²) in [6.45, 7) is 0. The summed E-state index contributed by atoms with van der Waals surface area (Å²) in [5.74, 6) is 0.208. The average Bonchev–Trinajstić information content (AvgIpc) is 3.06. The van der Waals surface area contributed by atoms with Gasteiger partial charge in [-0.25, -0.2) is 4.90 Å². The summed E-state index contributed by atoms with van der Waals surface area (Å²) >= 11 is 3.43. The normalized spacial score (nSPS) is 35.3. The molecule has 1 heterocycles. The zero-order chi connectivity index (χ0) is 13.1. The van der Waals surface area contributed by atoms with Crippen LogP contribution in [-0.4, -0.2) is 11.8 Å². The van der Waals surface area contributed by atoms with E-state index in [9.17, 15) is 9.59 Å². The molecule has 19 heavy (non-hydrogen) atoms. The minimum atomic E-state index is -0.130. The molecule has 0 radical (unpaired) electrons. The van der Waals surface area contributed by atoms with Crippen molar-refractivity contribution in [3.63, 3.8) is 0 Å². The Labute approximate surface area is 119 Å². The summed E-state index contributed by atoms with van der Waals surface area (Å²) < 4.78 is 0.789. The zero-order valence-electron chi connectivity index (χ0n) is 10.1. The zero-order valence-corrected chi connectivity index (χ0v) is 11.7. The van der Waals surface area contributed by atoms with Crippen LogP contribution in [0.2, 0.25) is 0 Å². The quantitative estimate of drug-likeness (QED) is 0.590. The molecule has 1 aromatic carbocycles. The molecule has 2 amide bonds. The van der Waals surface area contributed by atoms with Crippen LogP contribution in [0.15, 0.2) is 40.9 Å². The van der Waals surface area contributed by atoms with Crippen LogP contribution in [-0.2, 0) is 9.59 Å². The van der Waals surface area contributed by atoms with Crippen molar-refractivity contribution in [2.45, 2.75) is 6.42 Å². The predicted molar refractivity (Wildman–Crippen MR) is 74.4 cm³/mol. The molecule has 0 N–H and O–H groups in total. The molecule has 1 saturated heterocycles. The van der Waals surface area contributed by atoms with Crippen LogP contribution in [0.4, 0.5) is 5.69 Å². The van der Waals surface area contributed by atoms with Crippen molar-refractivity contribution in [2.24, 2.45) is 23.7 Å². The number of anilines is 1. The van der Waals surface area contributed by atoms with Gasteiger partial charge >= 0.3 is 0 Å². The highest BCUT2D eigenvalue weighted by molar-refractivity contribution is 9.10. The number of imide groups is 1. The molecular weight excluding hydrogens is 306 g/mol. The van der Waals surface area contributed by atoms with Gasteiger partial charge in [0.25, 0.3) is 0 Å². The van der Waals surface area contributed by atoms with E-state index < -0.39 is 0 Å². The molecule has 2 fully saturated rings. The highest BCUT2D eigenvalue weighted by Crippen LogP contribution is 2.53. The van der Waals surface area contributed by atoms with Crippen LogP contribution in [0.3, 0.4) is 0 Å². The SMILES string of the molecule is O=C1[C@@H]2[C@H](C(=O)N1c1ccccc1Br)[C@@H]1C=C[C@@H]2C1. The molecule has 3 aliphatic rings. The Morgan fingerprint density at radius 2 is 1.58 bits per heavy atom. The number of hydrogen-bond acceptors (Lipinski definition) is 2. The Hall–Kier alpha value is -1.42. The number of allylic oxidation sites excluding steroid dienone is 2. The van der Waals surface area contributed by atoms with E-state index in [1.54, 1.807) is 0 Å². The van der Waals surface area contributed by atoms with Gasteiger partial charge in [-0.05, 0) is 46.3 Å². The number of rotatable bonds is 1. The number of hydrogen-bond donors (Lipinski definition) is 0. The second-order valence-corrected chi connectivity index (χ2v) is 6.32. The highest BCUT2D eigenvalue weighted by Gasteiger charge is 2.59. The Bertz CT molecular complexity index is 594. The molecule has 1 aromatic rings. The van der Waals surface area contributed by atoms with Gasteiger partial charge in [0.15, 0.2) is 0 Å². The van der Waals surface area contributed by atoms with E-state index in [2.05, 4.69) is 28.1 Å². The lowest BCUT2D eigenvalue weighted by atomic mass is 9.85. The van der Waals surface area contributed by atoms with E-state index in [4.69, 9.17) is 0 Å². The summed E-state index contributed by atoms with van der Waals surface area (Å²) in [5, 5.41) is 0. The molecule has 0 spiro atoms. The summed E-state index contributed by atoms with van der Waals surface area (Å²) in [7, 11) is 0. The van der Waals surface area contributed by atoms with Gasteiger partial charge in [-0.1, -0.05) is 24.3 Å². The first kappa shape index (κ1) is 11.4.